The highest BCUT2D eigenvalue weighted by molar-refractivity contribution is 6.30. The number of halogens is 1. The second kappa shape index (κ2) is 5.94. The van der Waals surface area contributed by atoms with Gasteiger partial charge in [0.05, 0.1) is 6.54 Å². The molecule has 4 heteroatoms. The van der Waals surface area contributed by atoms with Crippen molar-refractivity contribution in [2.75, 3.05) is 7.05 Å². The number of furan rings is 1. The average molecular weight is 266 g/mol. The second-order valence-corrected chi connectivity index (χ2v) is 4.51. The van der Waals surface area contributed by atoms with Crippen molar-refractivity contribution in [2.24, 2.45) is 0 Å². The van der Waals surface area contributed by atoms with Gasteiger partial charge in [-0.15, -0.1) is 0 Å². The molecule has 0 atom stereocenters. The van der Waals surface area contributed by atoms with Crippen LogP contribution in [0, 0.1) is 6.92 Å². The molecule has 0 saturated heterocycles. The summed E-state index contributed by atoms with van der Waals surface area (Å²) in [6, 6.07) is 9.38. The minimum absolute atomic E-state index is 0.486. The van der Waals surface area contributed by atoms with Gasteiger partial charge in [-0.05, 0) is 38.2 Å². The fourth-order valence-corrected chi connectivity index (χ4v) is 1.89. The van der Waals surface area contributed by atoms with Gasteiger partial charge in [0.1, 0.15) is 23.9 Å². The highest BCUT2D eigenvalue weighted by atomic mass is 35.5. The molecule has 96 valence electrons. The second-order valence-electron chi connectivity index (χ2n) is 4.07. The minimum Gasteiger partial charge on any atom is -0.489 e. The van der Waals surface area contributed by atoms with E-state index >= 15 is 0 Å². The zero-order valence-electron chi connectivity index (χ0n) is 10.5. The Bertz CT molecular complexity index is 522. The largest absolute Gasteiger partial charge is 0.489 e. The Morgan fingerprint density at radius 2 is 2.17 bits per heavy atom. The van der Waals surface area contributed by atoms with Crippen molar-refractivity contribution >= 4 is 11.6 Å². The van der Waals surface area contributed by atoms with Crippen LogP contribution >= 0.6 is 11.6 Å². The first-order valence-corrected chi connectivity index (χ1v) is 6.18. The fraction of sp³-hybridized carbons (Fsp3) is 0.286. The maximum absolute atomic E-state index is 5.90. The number of nitrogens with one attached hydrogen (secondary N) is 1. The van der Waals surface area contributed by atoms with E-state index < -0.39 is 0 Å². The number of benzene rings is 1. The summed E-state index contributed by atoms with van der Waals surface area (Å²) in [5.74, 6) is 2.57. The molecule has 1 aromatic heterocycles. The van der Waals surface area contributed by atoms with E-state index in [2.05, 4.69) is 5.32 Å². The first kappa shape index (κ1) is 13.0. The Hall–Kier alpha value is -1.45. The number of aryl methyl sites for hydroxylation is 1. The van der Waals surface area contributed by atoms with Gasteiger partial charge in [-0.2, -0.15) is 0 Å². The Morgan fingerprint density at radius 3 is 2.89 bits per heavy atom. The quantitative estimate of drug-likeness (QED) is 0.898. The van der Waals surface area contributed by atoms with Crippen LogP contribution in [-0.4, -0.2) is 7.05 Å². The fourth-order valence-electron chi connectivity index (χ4n) is 1.71. The summed E-state index contributed by atoms with van der Waals surface area (Å²) in [7, 11) is 1.89. The van der Waals surface area contributed by atoms with Crippen molar-refractivity contribution in [1.82, 2.24) is 5.32 Å². The van der Waals surface area contributed by atoms with Gasteiger partial charge in [0.15, 0.2) is 0 Å². The van der Waals surface area contributed by atoms with Crippen LogP contribution < -0.4 is 10.1 Å². The van der Waals surface area contributed by atoms with Crippen LogP contribution in [0.5, 0.6) is 5.75 Å². The predicted octanol–water partition coefficient (Wildman–Crippen LogP) is 3.54. The summed E-state index contributed by atoms with van der Waals surface area (Å²) in [4.78, 5) is 0. The highest BCUT2D eigenvalue weighted by Gasteiger charge is 2.07. The van der Waals surface area contributed by atoms with E-state index in [1.165, 1.54) is 0 Å². The van der Waals surface area contributed by atoms with Crippen molar-refractivity contribution in [3.8, 4) is 5.75 Å². The summed E-state index contributed by atoms with van der Waals surface area (Å²) in [5, 5.41) is 3.73. The Morgan fingerprint density at radius 1 is 1.33 bits per heavy atom. The molecule has 0 amide bonds. The van der Waals surface area contributed by atoms with Crippen LogP contribution in [0.3, 0.4) is 0 Å². The topological polar surface area (TPSA) is 34.4 Å². The van der Waals surface area contributed by atoms with Crippen LogP contribution in [0.25, 0.3) is 0 Å². The SMILES string of the molecule is CNCc1cc(COc2cccc(Cl)c2)c(C)o1. The first-order valence-electron chi connectivity index (χ1n) is 5.80. The maximum atomic E-state index is 5.90. The van der Waals surface area contributed by atoms with E-state index in [0.29, 0.717) is 11.6 Å². The van der Waals surface area contributed by atoms with E-state index in [4.69, 9.17) is 20.8 Å². The monoisotopic (exact) mass is 265 g/mol. The average Bonchev–Trinajstić information content (AvgIpc) is 2.68. The van der Waals surface area contributed by atoms with E-state index in [9.17, 15) is 0 Å². The lowest BCUT2D eigenvalue weighted by molar-refractivity contribution is 0.303. The summed E-state index contributed by atoms with van der Waals surface area (Å²) >= 11 is 5.90. The maximum Gasteiger partial charge on any atom is 0.121 e. The Kier molecular flexibility index (Phi) is 4.28. The van der Waals surface area contributed by atoms with Crippen LogP contribution in [0.15, 0.2) is 34.7 Å². The van der Waals surface area contributed by atoms with Gasteiger partial charge in [0.25, 0.3) is 0 Å². The lowest BCUT2D eigenvalue weighted by atomic mass is 10.2. The summed E-state index contributed by atoms with van der Waals surface area (Å²) in [6.45, 7) is 3.15. The van der Waals surface area contributed by atoms with Crippen molar-refractivity contribution in [3.63, 3.8) is 0 Å². The Balaban J connectivity index is 2.01. The van der Waals surface area contributed by atoms with Crippen LogP contribution in [0.1, 0.15) is 17.1 Å². The summed E-state index contributed by atoms with van der Waals surface area (Å²) in [6.07, 6.45) is 0. The van der Waals surface area contributed by atoms with Gasteiger partial charge in [0, 0.05) is 10.6 Å². The van der Waals surface area contributed by atoms with Gasteiger partial charge >= 0.3 is 0 Å². The van der Waals surface area contributed by atoms with Crippen molar-refractivity contribution in [3.05, 3.63) is 52.4 Å². The van der Waals surface area contributed by atoms with Gasteiger partial charge in [-0.1, -0.05) is 17.7 Å². The number of ether oxygens (including phenoxy) is 1. The van der Waals surface area contributed by atoms with Gasteiger partial charge in [-0.25, -0.2) is 0 Å². The molecule has 0 unspecified atom stereocenters. The molecule has 2 aromatic rings. The third kappa shape index (κ3) is 3.28. The molecular weight excluding hydrogens is 250 g/mol. The van der Waals surface area contributed by atoms with Crippen LogP contribution in [0.4, 0.5) is 0 Å². The molecule has 0 fully saturated rings. The first-order chi connectivity index (χ1) is 8.69. The third-order valence-corrected chi connectivity index (χ3v) is 2.85. The minimum atomic E-state index is 0.486. The van der Waals surface area contributed by atoms with Crippen LogP contribution in [-0.2, 0) is 13.2 Å². The molecule has 0 bridgehead atoms. The van der Waals surface area contributed by atoms with E-state index in [-0.39, 0.29) is 0 Å². The van der Waals surface area contributed by atoms with Gasteiger partial charge in [-0.3, -0.25) is 0 Å². The molecule has 0 radical (unpaired) electrons. The molecule has 0 spiro atoms. The molecule has 18 heavy (non-hydrogen) atoms. The highest BCUT2D eigenvalue weighted by Crippen LogP contribution is 2.20. The predicted molar refractivity (Wildman–Crippen MR) is 72.0 cm³/mol. The molecule has 0 saturated carbocycles. The molecule has 0 aliphatic carbocycles. The molecule has 1 heterocycles. The zero-order valence-corrected chi connectivity index (χ0v) is 11.3. The van der Waals surface area contributed by atoms with E-state index in [0.717, 1.165) is 29.4 Å². The smallest absolute Gasteiger partial charge is 0.121 e. The van der Waals surface area contributed by atoms with Gasteiger partial charge < -0.3 is 14.5 Å². The standard InChI is InChI=1S/C14H16ClNO2/c1-10-11(6-14(18-10)8-16-2)9-17-13-5-3-4-12(15)7-13/h3-7,16H,8-9H2,1-2H3. The molecule has 3 nitrogen and oxygen atoms in total. The Labute approximate surface area is 112 Å². The lowest BCUT2D eigenvalue weighted by Gasteiger charge is -2.05. The molecular formula is C14H16ClNO2. The van der Waals surface area contributed by atoms with Crippen molar-refractivity contribution in [1.29, 1.82) is 0 Å². The normalized spacial score (nSPS) is 10.6. The van der Waals surface area contributed by atoms with E-state index in [1.54, 1.807) is 6.07 Å². The third-order valence-electron chi connectivity index (χ3n) is 2.61. The molecule has 2 rings (SSSR count). The van der Waals surface area contributed by atoms with Crippen molar-refractivity contribution < 1.29 is 9.15 Å². The van der Waals surface area contributed by atoms with Crippen LogP contribution in [0.2, 0.25) is 5.02 Å². The zero-order chi connectivity index (χ0) is 13.0. The molecule has 1 aromatic carbocycles. The number of hydrogen-bond donors (Lipinski definition) is 1. The van der Waals surface area contributed by atoms with Gasteiger partial charge in [0.2, 0.25) is 0 Å². The number of hydrogen-bond acceptors (Lipinski definition) is 3. The molecule has 1 N–H and O–H groups in total. The number of rotatable bonds is 5. The van der Waals surface area contributed by atoms with E-state index in [1.807, 2.05) is 38.2 Å². The van der Waals surface area contributed by atoms with Crippen molar-refractivity contribution in [2.45, 2.75) is 20.1 Å². The lowest BCUT2D eigenvalue weighted by Crippen LogP contribution is -2.03. The molecule has 0 aliphatic rings. The molecule has 0 aliphatic heterocycles. The summed E-state index contributed by atoms with van der Waals surface area (Å²) < 4.78 is 11.3. The summed E-state index contributed by atoms with van der Waals surface area (Å²) in [5.41, 5.74) is 1.06.